The average molecular weight is 407 g/mol. The van der Waals surface area contributed by atoms with E-state index in [4.69, 9.17) is 4.74 Å². The van der Waals surface area contributed by atoms with Gasteiger partial charge in [0.1, 0.15) is 6.10 Å². The van der Waals surface area contributed by atoms with Gasteiger partial charge in [0.05, 0.1) is 0 Å². The molecule has 0 spiro atoms. The number of fused-ring (bicyclic) bond motifs is 5. The molecule has 29 heavy (non-hydrogen) atoms. The van der Waals surface area contributed by atoms with Gasteiger partial charge in [0.25, 0.3) is 0 Å². The molecule has 164 valence electrons. The van der Waals surface area contributed by atoms with Gasteiger partial charge in [-0.1, -0.05) is 32.4 Å². The summed E-state index contributed by atoms with van der Waals surface area (Å²) in [5.74, 6) is 0.285. The van der Waals surface area contributed by atoms with Crippen molar-refractivity contribution in [2.75, 3.05) is 7.11 Å². The van der Waals surface area contributed by atoms with Crippen molar-refractivity contribution < 1.29 is 24.9 Å². The van der Waals surface area contributed by atoms with Gasteiger partial charge in [0.15, 0.2) is 5.79 Å². The molecule has 3 saturated carbocycles. The van der Waals surface area contributed by atoms with Crippen molar-refractivity contribution in [3.8, 4) is 0 Å². The Morgan fingerprint density at radius 3 is 2.66 bits per heavy atom. The van der Waals surface area contributed by atoms with Crippen LogP contribution in [0.25, 0.3) is 0 Å². The minimum absolute atomic E-state index is 0.0841. The highest BCUT2D eigenvalue weighted by Crippen LogP contribution is 2.67. The molecule has 0 aromatic rings. The number of carboxylic acid groups (broad SMARTS) is 1. The van der Waals surface area contributed by atoms with Crippen molar-refractivity contribution in [1.29, 1.82) is 0 Å². The highest BCUT2D eigenvalue weighted by atomic mass is 16.6. The monoisotopic (exact) mass is 406 g/mol. The minimum atomic E-state index is -1.47. The van der Waals surface area contributed by atoms with E-state index >= 15 is 0 Å². The highest BCUT2D eigenvalue weighted by molar-refractivity contribution is 5.67. The number of hydrogen-bond acceptors (Lipinski definition) is 4. The number of rotatable bonds is 4. The molecule has 0 aromatic heterocycles. The maximum absolute atomic E-state index is 11.3. The van der Waals surface area contributed by atoms with E-state index in [9.17, 15) is 20.1 Å². The van der Waals surface area contributed by atoms with E-state index in [0.29, 0.717) is 36.5 Å². The Hall–Kier alpha value is -0.910. The van der Waals surface area contributed by atoms with Crippen molar-refractivity contribution in [2.24, 2.45) is 40.4 Å². The van der Waals surface area contributed by atoms with Crippen molar-refractivity contribution >= 4 is 5.97 Å². The number of aliphatic hydroxyl groups excluding tert-OH is 1. The second-order valence-corrected chi connectivity index (χ2v) is 11.0. The summed E-state index contributed by atoms with van der Waals surface area (Å²) in [5, 5.41) is 30.7. The zero-order valence-corrected chi connectivity index (χ0v) is 18.4. The zero-order chi connectivity index (χ0) is 21.2. The fraction of sp³-hybridized carbons (Fsp3) is 0.875. The molecule has 0 bridgehead atoms. The lowest BCUT2D eigenvalue weighted by Gasteiger charge is -2.59. The number of carbonyl (C=O) groups is 1. The second kappa shape index (κ2) is 7.06. The molecule has 4 aliphatic carbocycles. The van der Waals surface area contributed by atoms with Crippen molar-refractivity contribution in [1.82, 2.24) is 0 Å². The van der Waals surface area contributed by atoms with Crippen LogP contribution < -0.4 is 0 Å². The van der Waals surface area contributed by atoms with Gasteiger partial charge in [-0.05, 0) is 78.9 Å². The summed E-state index contributed by atoms with van der Waals surface area (Å²) in [5.41, 5.74) is 1.39. The lowest BCUT2D eigenvalue weighted by molar-refractivity contribution is -0.264. The largest absolute Gasteiger partial charge is 0.481 e. The Bertz CT molecular complexity index is 703. The molecule has 9 atom stereocenters. The van der Waals surface area contributed by atoms with Gasteiger partial charge >= 0.3 is 5.97 Å². The Morgan fingerprint density at radius 1 is 1.28 bits per heavy atom. The molecule has 0 aromatic carbocycles. The van der Waals surface area contributed by atoms with Crippen LogP contribution in [0.15, 0.2) is 11.6 Å². The van der Waals surface area contributed by atoms with E-state index in [1.165, 1.54) is 19.1 Å². The van der Waals surface area contributed by atoms with E-state index in [1.54, 1.807) is 0 Å². The van der Waals surface area contributed by atoms with Crippen LogP contribution in [0.2, 0.25) is 0 Å². The number of hydrogen-bond donors (Lipinski definition) is 3. The number of carboxylic acids is 1. The third-order valence-electron chi connectivity index (χ3n) is 9.82. The summed E-state index contributed by atoms with van der Waals surface area (Å²) in [7, 11) is 1.47. The van der Waals surface area contributed by atoms with Gasteiger partial charge in [-0.25, -0.2) is 0 Å². The molecular weight excluding hydrogens is 368 g/mol. The molecule has 0 amide bonds. The van der Waals surface area contributed by atoms with Gasteiger partial charge < -0.3 is 20.1 Å². The first-order chi connectivity index (χ1) is 13.5. The first-order valence-corrected chi connectivity index (χ1v) is 11.4. The second-order valence-electron chi connectivity index (χ2n) is 11.0. The van der Waals surface area contributed by atoms with Crippen molar-refractivity contribution in [3.63, 3.8) is 0 Å². The van der Waals surface area contributed by atoms with Crippen LogP contribution in [0.4, 0.5) is 0 Å². The topological polar surface area (TPSA) is 87.0 Å². The Balaban J connectivity index is 1.60. The quantitative estimate of drug-likeness (QED) is 0.485. The van der Waals surface area contributed by atoms with E-state index in [2.05, 4.69) is 26.8 Å². The number of aliphatic hydroxyl groups is 2. The van der Waals surface area contributed by atoms with Crippen molar-refractivity contribution in [2.45, 2.75) is 84.0 Å². The molecule has 3 fully saturated rings. The smallest absolute Gasteiger partial charge is 0.303 e. The molecule has 4 aliphatic rings. The van der Waals surface area contributed by atoms with Crippen LogP contribution in [0.5, 0.6) is 0 Å². The van der Waals surface area contributed by atoms with Crippen LogP contribution in [0, 0.1) is 40.4 Å². The maximum atomic E-state index is 11.3. The molecule has 5 nitrogen and oxygen atoms in total. The Kier molecular flexibility index (Phi) is 5.20. The van der Waals surface area contributed by atoms with Gasteiger partial charge in [-0.3, -0.25) is 4.79 Å². The molecule has 5 heteroatoms. The summed E-state index contributed by atoms with van der Waals surface area (Å²) < 4.78 is 5.30. The SMILES string of the molecule is COC1(O)CC2=CC[C@H]3[C@@H]4CC[C@H](C(C)CC(=O)O)[C@@]4(C)CC[C@@H]3[C@@]2(C)CC1O. The number of aliphatic carboxylic acids is 1. The molecule has 3 unspecified atom stereocenters. The van der Waals surface area contributed by atoms with Crippen molar-refractivity contribution in [3.05, 3.63) is 11.6 Å². The summed E-state index contributed by atoms with van der Waals surface area (Å²) in [6, 6.07) is 0. The fourth-order valence-electron chi connectivity index (χ4n) is 8.27. The highest BCUT2D eigenvalue weighted by Gasteiger charge is 2.61. The molecule has 0 saturated heterocycles. The number of methoxy groups -OCH3 is 1. The fourth-order valence-corrected chi connectivity index (χ4v) is 8.27. The summed E-state index contributed by atoms with van der Waals surface area (Å²) in [6.07, 6.45) is 8.30. The van der Waals surface area contributed by atoms with Gasteiger partial charge in [0.2, 0.25) is 0 Å². The van der Waals surface area contributed by atoms with E-state index in [-0.39, 0.29) is 23.2 Å². The molecule has 3 N–H and O–H groups in total. The average Bonchev–Trinajstić information content (AvgIpc) is 3.00. The first kappa shape index (κ1) is 21.3. The third kappa shape index (κ3) is 3.11. The molecular formula is C24H38O5. The van der Waals surface area contributed by atoms with Gasteiger partial charge in [-0.2, -0.15) is 0 Å². The van der Waals surface area contributed by atoms with Gasteiger partial charge in [-0.15, -0.1) is 0 Å². The van der Waals surface area contributed by atoms with E-state index in [0.717, 1.165) is 25.7 Å². The molecule has 0 aliphatic heterocycles. The maximum Gasteiger partial charge on any atom is 0.303 e. The third-order valence-corrected chi connectivity index (χ3v) is 9.82. The molecule has 0 heterocycles. The van der Waals surface area contributed by atoms with Crippen LogP contribution in [0.1, 0.15) is 72.1 Å². The van der Waals surface area contributed by atoms with E-state index in [1.807, 2.05) is 0 Å². The van der Waals surface area contributed by atoms with Crippen LogP contribution in [-0.4, -0.2) is 40.3 Å². The first-order valence-electron chi connectivity index (χ1n) is 11.4. The van der Waals surface area contributed by atoms with E-state index < -0.39 is 17.9 Å². The number of allylic oxidation sites excluding steroid dienone is 1. The van der Waals surface area contributed by atoms with Gasteiger partial charge in [0, 0.05) is 20.0 Å². The molecule has 4 rings (SSSR count). The van der Waals surface area contributed by atoms with Crippen LogP contribution in [0.3, 0.4) is 0 Å². The summed E-state index contributed by atoms with van der Waals surface area (Å²) >= 11 is 0. The molecule has 0 radical (unpaired) electrons. The number of ether oxygens (including phenoxy) is 1. The zero-order valence-electron chi connectivity index (χ0n) is 18.4. The standard InChI is InChI=1S/C24H38O5/c1-14(11-21(26)27)17-7-8-18-16-6-5-15-12-24(28,29-4)20(25)13-23(15,3)19(16)9-10-22(17,18)2/h5,14,16-20,25,28H,6-13H2,1-4H3,(H,26,27)/t14?,16-,17+,18-,19-,20?,22+,23-,24?/m0/s1. The normalized spacial score (nSPS) is 50.1. The summed E-state index contributed by atoms with van der Waals surface area (Å²) in [4.78, 5) is 11.3. The van der Waals surface area contributed by atoms with Crippen LogP contribution in [-0.2, 0) is 9.53 Å². The predicted molar refractivity (Wildman–Crippen MR) is 110 cm³/mol. The Labute approximate surface area is 174 Å². The van der Waals surface area contributed by atoms with Crippen LogP contribution >= 0.6 is 0 Å². The lowest BCUT2D eigenvalue weighted by Crippen LogP contribution is -2.57. The minimum Gasteiger partial charge on any atom is -0.481 e. The summed E-state index contributed by atoms with van der Waals surface area (Å²) in [6.45, 7) is 6.84. The lowest BCUT2D eigenvalue weighted by atomic mass is 9.46. The Morgan fingerprint density at radius 2 is 2.00 bits per heavy atom. The predicted octanol–water partition coefficient (Wildman–Crippen LogP) is 3.98.